The zero-order valence-corrected chi connectivity index (χ0v) is 15.4. The second-order valence-corrected chi connectivity index (χ2v) is 6.25. The monoisotopic (exact) mass is 424 g/mol. The number of nitrogens with one attached hydrogen (secondary N) is 1. The molecule has 0 atom stereocenters. The van der Waals surface area contributed by atoms with Gasteiger partial charge in [-0.2, -0.15) is 5.10 Å². The smallest absolute Gasteiger partial charge is 0.311 e. The summed E-state index contributed by atoms with van der Waals surface area (Å²) in [5, 5.41) is 18.1. The van der Waals surface area contributed by atoms with E-state index in [4.69, 9.17) is 27.9 Å². The fraction of sp³-hybridized carbons (Fsp3) is 0.0588. The second-order valence-electron chi connectivity index (χ2n) is 5.43. The van der Waals surface area contributed by atoms with E-state index in [1.54, 1.807) is 18.2 Å². The van der Waals surface area contributed by atoms with Crippen LogP contribution >= 0.6 is 23.2 Å². The van der Waals surface area contributed by atoms with E-state index in [1.807, 2.05) is 0 Å². The van der Waals surface area contributed by atoms with Gasteiger partial charge in [-0.05, 0) is 24.3 Å². The summed E-state index contributed by atoms with van der Waals surface area (Å²) in [6.45, 7) is -0.273. The number of hydrogen-bond donors (Lipinski definition) is 1. The first kappa shape index (κ1) is 19.6. The molecule has 1 heterocycles. The van der Waals surface area contributed by atoms with Crippen LogP contribution in [0.15, 0.2) is 48.7 Å². The molecule has 2 aromatic carbocycles. The van der Waals surface area contributed by atoms with Crippen molar-refractivity contribution in [3.8, 4) is 5.75 Å². The molecule has 0 bridgehead atoms. The number of para-hydroxylation sites is 1. The molecule has 0 aliphatic heterocycles. The SMILES string of the molecule is O=C(Nc1c(Cl)cccc1Cl)c1ccn(COc2cc(F)ccc2[N+](=O)[O-])n1. The molecule has 1 amide bonds. The van der Waals surface area contributed by atoms with Gasteiger partial charge in [0.05, 0.1) is 20.7 Å². The van der Waals surface area contributed by atoms with Crippen LogP contribution in [-0.4, -0.2) is 20.6 Å². The van der Waals surface area contributed by atoms with Crippen LogP contribution in [0.1, 0.15) is 10.5 Å². The molecule has 1 N–H and O–H groups in total. The van der Waals surface area contributed by atoms with E-state index < -0.39 is 16.6 Å². The minimum atomic E-state index is -0.690. The van der Waals surface area contributed by atoms with E-state index in [1.165, 1.54) is 16.9 Å². The second kappa shape index (κ2) is 8.24. The van der Waals surface area contributed by atoms with Gasteiger partial charge in [0.25, 0.3) is 5.91 Å². The van der Waals surface area contributed by atoms with Crippen LogP contribution < -0.4 is 10.1 Å². The number of anilines is 1. The third kappa shape index (κ3) is 4.38. The topological polar surface area (TPSA) is 99.3 Å². The summed E-state index contributed by atoms with van der Waals surface area (Å²) < 4.78 is 19.8. The molecule has 0 fully saturated rings. The Kier molecular flexibility index (Phi) is 5.76. The minimum Gasteiger partial charge on any atom is -0.464 e. The van der Waals surface area contributed by atoms with Gasteiger partial charge in [0.1, 0.15) is 5.82 Å². The van der Waals surface area contributed by atoms with Gasteiger partial charge < -0.3 is 10.1 Å². The quantitative estimate of drug-likeness (QED) is 0.462. The molecule has 0 aliphatic rings. The molecule has 3 aromatic rings. The van der Waals surface area contributed by atoms with Crippen LogP contribution in [0, 0.1) is 15.9 Å². The number of aromatic nitrogens is 2. The number of carbonyl (C=O) groups is 1. The Morgan fingerprint density at radius 1 is 1.25 bits per heavy atom. The molecule has 144 valence electrons. The van der Waals surface area contributed by atoms with Crippen LogP contribution in [0.5, 0.6) is 5.75 Å². The third-order valence-corrected chi connectivity index (χ3v) is 4.18. The number of halogens is 3. The molecule has 1 aromatic heterocycles. The molecule has 0 saturated heterocycles. The molecule has 11 heteroatoms. The first-order chi connectivity index (χ1) is 13.3. The van der Waals surface area contributed by atoms with E-state index >= 15 is 0 Å². The van der Waals surface area contributed by atoms with Crippen molar-refractivity contribution >= 4 is 40.5 Å². The number of nitro benzene ring substituents is 1. The normalized spacial score (nSPS) is 10.5. The van der Waals surface area contributed by atoms with Crippen molar-refractivity contribution in [1.82, 2.24) is 9.78 Å². The molecule has 0 unspecified atom stereocenters. The maximum atomic E-state index is 13.3. The number of nitro groups is 1. The highest BCUT2D eigenvalue weighted by Gasteiger charge is 2.17. The van der Waals surface area contributed by atoms with E-state index in [2.05, 4.69) is 10.4 Å². The summed E-state index contributed by atoms with van der Waals surface area (Å²) in [6, 6.07) is 9.04. The number of ether oxygens (including phenoxy) is 1. The Labute approximate surface area is 167 Å². The Hall–Kier alpha value is -3.17. The fourth-order valence-electron chi connectivity index (χ4n) is 2.24. The number of rotatable bonds is 6. The van der Waals surface area contributed by atoms with Gasteiger partial charge in [-0.25, -0.2) is 9.07 Å². The van der Waals surface area contributed by atoms with Crippen LogP contribution in [0.4, 0.5) is 15.8 Å². The predicted molar refractivity (Wildman–Crippen MR) is 100 cm³/mol. The highest BCUT2D eigenvalue weighted by atomic mass is 35.5. The molecular weight excluding hydrogens is 414 g/mol. The van der Waals surface area contributed by atoms with Gasteiger partial charge in [0.15, 0.2) is 12.4 Å². The van der Waals surface area contributed by atoms with Crippen LogP contribution in [0.3, 0.4) is 0 Å². The highest BCUT2D eigenvalue weighted by Crippen LogP contribution is 2.30. The molecule has 3 rings (SSSR count). The Bertz CT molecular complexity index is 1040. The summed E-state index contributed by atoms with van der Waals surface area (Å²) in [7, 11) is 0. The van der Waals surface area contributed by atoms with Gasteiger partial charge in [-0.15, -0.1) is 0 Å². The van der Waals surface area contributed by atoms with E-state index in [9.17, 15) is 19.3 Å². The van der Waals surface area contributed by atoms with E-state index in [0.717, 1.165) is 18.2 Å². The van der Waals surface area contributed by atoms with Crippen LogP contribution in [0.25, 0.3) is 0 Å². The Morgan fingerprint density at radius 3 is 2.64 bits per heavy atom. The van der Waals surface area contributed by atoms with Gasteiger partial charge in [-0.3, -0.25) is 14.9 Å². The van der Waals surface area contributed by atoms with Crippen molar-refractivity contribution in [2.75, 3.05) is 5.32 Å². The molecule has 0 aliphatic carbocycles. The number of benzene rings is 2. The predicted octanol–water partition coefficient (Wildman–Crippen LogP) is 4.53. The maximum Gasteiger partial charge on any atom is 0.311 e. The lowest BCUT2D eigenvalue weighted by Crippen LogP contribution is -2.15. The number of amides is 1. The van der Waals surface area contributed by atoms with E-state index in [0.29, 0.717) is 0 Å². The molecular formula is C17H11Cl2FN4O4. The zero-order valence-electron chi connectivity index (χ0n) is 13.9. The van der Waals surface area contributed by atoms with Crippen molar-refractivity contribution < 1.29 is 18.8 Å². The number of carbonyl (C=O) groups excluding carboxylic acids is 1. The first-order valence-corrected chi connectivity index (χ1v) is 8.46. The van der Waals surface area contributed by atoms with Crippen molar-refractivity contribution in [1.29, 1.82) is 0 Å². The lowest BCUT2D eigenvalue weighted by Gasteiger charge is -2.08. The van der Waals surface area contributed by atoms with Gasteiger partial charge in [0.2, 0.25) is 5.75 Å². The van der Waals surface area contributed by atoms with Crippen molar-refractivity contribution in [3.63, 3.8) is 0 Å². The Morgan fingerprint density at radius 2 is 1.96 bits per heavy atom. The minimum absolute atomic E-state index is 0.0355. The molecule has 0 radical (unpaired) electrons. The maximum absolute atomic E-state index is 13.3. The standard InChI is InChI=1S/C17H11Cl2FN4O4/c18-11-2-1-3-12(19)16(11)21-17(25)13-6-7-23(22-13)9-28-15-8-10(20)4-5-14(15)24(26)27/h1-8H,9H2,(H,21,25). The van der Waals surface area contributed by atoms with Crippen LogP contribution in [0.2, 0.25) is 10.0 Å². The zero-order chi connectivity index (χ0) is 20.3. The number of hydrogen-bond acceptors (Lipinski definition) is 5. The summed E-state index contributed by atoms with van der Waals surface area (Å²) in [5.74, 6) is -1.50. The summed E-state index contributed by atoms with van der Waals surface area (Å²) >= 11 is 12.0. The average Bonchev–Trinajstić information content (AvgIpc) is 3.12. The van der Waals surface area contributed by atoms with Crippen LogP contribution in [-0.2, 0) is 6.73 Å². The van der Waals surface area contributed by atoms with Crippen molar-refractivity contribution in [2.45, 2.75) is 6.73 Å². The van der Waals surface area contributed by atoms with E-state index in [-0.39, 0.29) is 39.6 Å². The van der Waals surface area contributed by atoms with Gasteiger partial charge in [0, 0.05) is 18.3 Å². The highest BCUT2D eigenvalue weighted by molar-refractivity contribution is 6.39. The summed E-state index contributed by atoms with van der Waals surface area (Å²) in [4.78, 5) is 22.6. The van der Waals surface area contributed by atoms with Gasteiger partial charge in [-0.1, -0.05) is 29.3 Å². The molecule has 0 saturated carbocycles. The number of nitrogens with zero attached hydrogens (tertiary/aromatic N) is 3. The lowest BCUT2D eigenvalue weighted by atomic mass is 10.3. The average molecular weight is 425 g/mol. The summed E-state index contributed by atoms with van der Waals surface area (Å²) in [5.41, 5.74) is -0.106. The largest absolute Gasteiger partial charge is 0.464 e. The van der Waals surface area contributed by atoms with Gasteiger partial charge >= 0.3 is 5.69 Å². The molecule has 28 heavy (non-hydrogen) atoms. The molecule has 8 nitrogen and oxygen atoms in total. The lowest BCUT2D eigenvalue weighted by molar-refractivity contribution is -0.386. The first-order valence-electron chi connectivity index (χ1n) is 7.70. The fourth-order valence-corrected chi connectivity index (χ4v) is 2.73. The Balaban J connectivity index is 1.70. The molecule has 0 spiro atoms. The summed E-state index contributed by atoms with van der Waals surface area (Å²) in [6.07, 6.45) is 1.42. The van der Waals surface area contributed by atoms with Crippen molar-refractivity contribution in [3.05, 3.63) is 80.3 Å². The third-order valence-electron chi connectivity index (χ3n) is 3.55. The van der Waals surface area contributed by atoms with Crippen molar-refractivity contribution in [2.24, 2.45) is 0 Å².